The number of rotatable bonds is 7. The summed E-state index contributed by atoms with van der Waals surface area (Å²) in [6, 6.07) is 5.31. The summed E-state index contributed by atoms with van der Waals surface area (Å²) in [6.07, 6.45) is 4.77. The topological polar surface area (TPSA) is 96.4 Å². The summed E-state index contributed by atoms with van der Waals surface area (Å²) in [5.74, 6) is -1.17. The predicted octanol–water partition coefficient (Wildman–Crippen LogP) is 2.16. The first-order valence-corrected chi connectivity index (χ1v) is 8.52. The fraction of sp³-hybridized carbons (Fsp3) is 0.333. The van der Waals surface area contributed by atoms with E-state index in [0.29, 0.717) is 17.2 Å². The van der Waals surface area contributed by atoms with Gasteiger partial charge in [0.15, 0.2) is 0 Å². The van der Waals surface area contributed by atoms with Crippen LogP contribution in [0.5, 0.6) is 0 Å². The van der Waals surface area contributed by atoms with Gasteiger partial charge in [-0.1, -0.05) is 31.9 Å². The van der Waals surface area contributed by atoms with Crippen molar-refractivity contribution in [1.29, 1.82) is 0 Å². The van der Waals surface area contributed by atoms with Gasteiger partial charge in [0.25, 0.3) is 0 Å². The van der Waals surface area contributed by atoms with E-state index in [1.54, 1.807) is 24.4 Å². The Kier molecular flexibility index (Phi) is 5.10. The van der Waals surface area contributed by atoms with Crippen LogP contribution in [0.15, 0.2) is 41.6 Å². The second kappa shape index (κ2) is 6.85. The van der Waals surface area contributed by atoms with Crippen molar-refractivity contribution in [2.24, 2.45) is 0 Å². The van der Waals surface area contributed by atoms with E-state index >= 15 is 0 Å². The number of fused-ring (bicyclic) bond motifs is 1. The molecule has 6 nitrogen and oxygen atoms in total. The third kappa shape index (κ3) is 3.61. The number of hydrogen-bond acceptors (Lipinski definition) is 4. The van der Waals surface area contributed by atoms with Crippen LogP contribution in [0, 0.1) is 0 Å². The van der Waals surface area contributed by atoms with Crippen molar-refractivity contribution in [2.75, 3.05) is 0 Å². The molecule has 2 N–H and O–H groups in total. The lowest BCUT2D eigenvalue weighted by Gasteiger charge is -2.15. The highest BCUT2D eigenvalue weighted by Gasteiger charge is 2.26. The Bertz CT molecular complexity index is 769. The lowest BCUT2D eigenvalue weighted by molar-refractivity contribution is -0.139. The molecule has 1 aromatic carbocycles. The maximum absolute atomic E-state index is 12.5. The van der Waals surface area contributed by atoms with E-state index in [-0.39, 0.29) is 11.3 Å². The molecule has 0 saturated heterocycles. The zero-order chi connectivity index (χ0) is 16.2. The molecule has 1 heterocycles. The largest absolute Gasteiger partial charge is 0.480 e. The van der Waals surface area contributed by atoms with Crippen LogP contribution in [0.3, 0.4) is 0 Å². The molecule has 1 atom stereocenters. The van der Waals surface area contributed by atoms with Gasteiger partial charge in [0.1, 0.15) is 6.04 Å². The molecule has 0 amide bonds. The van der Waals surface area contributed by atoms with Gasteiger partial charge in [-0.2, -0.15) is 4.72 Å². The fourth-order valence-electron chi connectivity index (χ4n) is 2.22. The van der Waals surface area contributed by atoms with E-state index in [1.165, 1.54) is 12.3 Å². The van der Waals surface area contributed by atoms with E-state index in [9.17, 15) is 18.3 Å². The number of carbonyl (C=O) groups is 1. The molecule has 0 fully saturated rings. The summed E-state index contributed by atoms with van der Waals surface area (Å²) in [6.45, 7) is 1.92. The predicted molar refractivity (Wildman–Crippen MR) is 83.0 cm³/mol. The third-order valence-electron chi connectivity index (χ3n) is 3.37. The molecule has 0 radical (unpaired) electrons. The van der Waals surface area contributed by atoms with Crippen molar-refractivity contribution < 1.29 is 18.3 Å². The molecule has 0 saturated carbocycles. The number of carboxylic acid groups (broad SMARTS) is 1. The van der Waals surface area contributed by atoms with E-state index in [4.69, 9.17) is 0 Å². The third-order valence-corrected chi connectivity index (χ3v) is 4.90. The van der Waals surface area contributed by atoms with Crippen molar-refractivity contribution in [3.63, 3.8) is 0 Å². The minimum absolute atomic E-state index is 0.0650. The summed E-state index contributed by atoms with van der Waals surface area (Å²) >= 11 is 0. The Morgan fingerprint density at radius 3 is 2.82 bits per heavy atom. The average molecular weight is 322 g/mol. The Morgan fingerprint density at radius 1 is 1.36 bits per heavy atom. The van der Waals surface area contributed by atoms with E-state index in [0.717, 1.165) is 6.42 Å². The monoisotopic (exact) mass is 322 g/mol. The average Bonchev–Trinajstić information content (AvgIpc) is 2.50. The summed E-state index contributed by atoms with van der Waals surface area (Å²) in [4.78, 5) is 15.3. The summed E-state index contributed by atoms with van der Waals surface area (Å²) in [5, 5.41) is 10.4. The molecule has 1 aromatic heterocycles. The molecule has 0 aliphatic carbocycles. The van der Waals surface area contributed by atoms with E-state index in [2.05, 4.69) is 9.71 Å². The number of aliphatic carboxylic acids is 1. The number of pyridine rings is 1. The number of carboxylic acids is 1. The number of nitrogens with one attached hydrogen (secondary N) is 1. The zero-order valence-corrected chi connectivity index (χ0v) is 13.0. The highest BCUT2D eigenvalue weighted by atomic mass is 32.2. The molecule has 0 bridgehead atoms. The van der Waals surface area contributed by atoms with Gasteiger partial charge >= 0.3 is 5.97 Å². The first kappa shape index (κ1) is 16.4. The Hall–Kier alpha value is -1.99. The Labute approximate surface area is 129 Å². The van der Waals surface area contributed by atoms with Crippen LogP contribution in [-0.4, -0.2) is 30.5 Å². The molecule has 22 heavy (non-hydrogen) atoms. The van der Waals surface area contributed by atoms with Crippen LogP contribution >= 0.6 is 0 Å². The Morgan fingerprint density at radius 2 is 2.14 bits per heavy atom. The number of sulfonamides is 1. The van der Waals surface area contributed by atoms with Gasteiger partial charge in [0.2, 0.25) is 10.0 Å². The molecule has 0 spiro atoms. The van der Waals surface area contributed by atoms with Crippen molar-refractivity contribution in [1.82, 2.24) is 9.71 Å². The number of benzene rings is 1. The van der Waals surface area contributed by atoms with Crippen LogP contribution in [0.1, 0.15) is 26.2 Å². The minimum atomic E-state index is -3.92. The second-order valence-electron chi connectivity index (χ2n) is 5.01. The zero-order valence-electron chi connectivity index (χ0n) is 12.2. The summed E-state index contributed by atoms with van der Waals surface area (Å²) in [7, 11) is -3.92. The number of nitrogens with zero attached hydrogens (tertiary/aromatic N) is 1. The van der Waals surface area contributed by atoms with Gasteiger partial charge in [0.05, 0.1) is 4.90 Å². The van der Waals surface area contributed by atoms with Crippen molar-refractivity contribution in [3.05, 3.63) is 36.7 Å². The van der Waals surface area contributed by atoms with E-state index < -0.39 is 22.0 Å². The second-order valence-corrected chi connectivity index (χ2v) is 6.69. The lowest BCUT2D eigenvalue weighted by Crippen LogP contribution is -2.40. The maximum atomic E-state index is 12.5. The SMILES string of the molecule is CCCCC(NS(=O)(=O)c1cccc2cnccc12)C(=O)O. The fourth-order valence-corrected chi connectivity index (χ4v) is 3.67. The first-order valence-electron chi connectivity index (χ1n) is 7.03. The quantitative estimate of drug-likeness (QED) is 0.814. The molecule has 118 valence electrons. The number of hydrogen-bond donors (Lipinski definition) is 2. The highest BCUT2D eigenvalue weighted by molar-refractivity contribution is 7.89. The molecule has 0 aliphatic rings. The van der Waals surface area contributed by atoms with Gasteiger partial charge in [-0.05, 0) is 18.6 Å². The summed E-state index contributed by atoms with van der Waals surface area (Å²) in [5.41, 5.74) is 0. The molecule has 0 aliphatic heterocycles. The Balaban J connectivity index is 2.38. The summed E-state index contributed by atoms with van der Waals surface area (Å²) < 4.78 is 27.3. The van der Waals surface area contributed by atoms with E-state index in [1.807, 2.05) is 6.92 Å². The molecule has 2 rings (SSSR count). The molecule has 2 aromatic rings. The van der Waals surface area contributed by atoms with Crippen LogP contribution in [0.4, 0.5) is 0 Å². The first-order chi connectivity index (χ1) is 10.5. The molecular weight excluding hydrogens is 304 g/mol. The standard InChI is InChI=1S/C15H18N2O4S/c1-2-3-6-13(15(18)19)17-22(20,21)14-7-4-5-11-10-16-9-8-12(11)14/h4-5,7-10,13,17H,2-3,6H2,1H3,(H,18,19). The van der Waals surface area contributed by atoms with Crippen molar-refractivity contribution >= 4 is 26.8 Å². The van der Waals surface area contributed by atoms with Crippen LogP contribution in [0.25, 0.3) is 10.8 Å². The van der Waals surface area contributed by atoms with Crippen LogP contribution in [-0.2, 0) is 14.8 Å². The number of aromatic nitrogens is 1. The smallest absolute Gasteiger partial charge is 0.321 e. The van der Waals surface area contributed by atoms with Gasteiger partial charge < -0.3 is 5.11 Å². The van der Waals surface area contributed by atoms with Gasteiger partial charge in [0, 0.05) is 23.2 Å². The van der Waals surface area contributed by atoms with Gasteiger partial charge in [-0.3, -0.25) is 9.78 Å². The van der Waals surface area contributed by atoms with Gasteiger partial charge in [-0.25, -0.2) is 8.42 Å². The van der Waals surface area contributed by atoms with Crippen molar-refractivity contribution in [3.8, 4) is 0 Å². The molecule has 7 heteroatoms. The van der Waals surface area contributed by atoms with Gasteiger partial charge in [-0.15, -0.1) is 0 Å². The van der Waals surface area contributed by atoms with Crippen LogP contribution in [0.2, 0.25) is 0 Å². The lowest BCUT2D eigenvalue weighted by atomic mass is 10.1. The normalized spacial score (nSPS) is 13.1. The highest BCUT2D eigenvalue weighted by Crippen LogP contribution is 2.22. The van der Waals surface area contributed by atoms with Crippen LogP contribution < -0.4 is 4.72 Å². The minimum Gasteiger partial charge on any atom is -0.480 e. The molecular formula is C15H18N2O4S. The van der Waals surface area contributed by atoms with Crippen molar-refractivity contribution in [2.45, 2.75) is 37.1 Å². The molecule has 1 unspecified atom stereocenters. The maximum Gasteiger partial charge on any atom is 0.321 e. The number of unbranched alkanes of at least 4 members (excludes halogenated alkanes) is 1.